The van der Waals surface area contributed by atoms with Gasteiger partial charge in [-0.05, 0) is 38.7 Å². The number of carbonyl (C=O) groups excluding carboxylic acids is 1. The van der Waals surface area contributed by atoms with Crippen LogP contribution in [0.25, 0.3) is 0 Å². The maximum Gasteiger partial charge on any atom is 0.280 e. The van der Waals surface area contributed by atoms with Crippen LogP contribution in [0.1, 0.15) is 48.1 Å². The maximum absolute atomic E-state index is 13.2. The molecule has 1 aromatic heterocycles. The lowest BCUT2D eigenvalue weighted by atomic mass is 9.97. The van der Waals surface area contributed by atoms with Gasteiger partial charge in [-0.1, -0.05) is 30.3 Å². The number of fused-ring (bicyclic) bond motifs is 5. The van der Waals surface area contributed by atoms with Crippen LogP contribution in [0.4, 0.5) is 5.82 Å². The van der Waals surface area contributed by atoms with Gasteiger partial charge >= 0.3 is 0 Å². The summed E-state index contributed by atoms with van der Waals surface area (Å²) in [5, 5.41) is 0. The highest BCUT2D eigenvalue weighted by Gasteiger charge is 2.54. The monoisotopic (exact) mass is 349 g/mol. The van der Waals surface area contributed by atoms with Crippen LogP contribution in [0.5, 0.6) is 0 Å². The van der Waals surface area contributed by atoms with Crippen molar-refractivity contribution in [2.24, 2.45) is 4.99 Å². The fourth-order valence-electron chi connectivity index (χ4n) is 4.71. The molecule has 2 aliphatic heterocycles. The number of aromatic nitrogens is 2. The molecule has 1 aliphatic carbocycles. The van der Waals surface area contributed by atoms with Gasteiger partial charge in [0.2, 0.25) is 5.96 Å². The molecular weight excluding hydrogens is 326 g/mol. The quantitative estimate of drug-likeness (QED) is 0.838. The van der Waals surface area contributed by atoms with Gasteiger partial charge in [0, 0.05) is 13.6 Å². The molecule has 1 saturated carbocycles. The van der Waals surface area contributed by atoms with E-state index in [2.05, 4.69) is 24.0 Å². The highest BCUT2D eigenvalue weighted by atomic mass is 16.2. The van der Waals surface area contributed by atoms with Crippen LogP contribution in [0.3, 0.4) is 0 Å². The first-order valence-corrected chi connectivity index (χ1v) is 9.28. The average Bonchev–Trinajstić information content (AvgIpc) is 3.23. The van der Waals surface area contributed by atoms with Crippen molar-refractivity contribution in [2.75, 3.05) is 11.9 Å². The van der Waals surface area contributed by atoms with E-state index in [0.717, 1.165) is 36.0 Å². The summed E-state index contributed by atoms with van der Waals surface area (Å²) in [5.41, 5.74) is 1.74. The molecule has 1 unspecified atom stereocenters. The predicted molar refractivity (Wildman–Crippen MR) is 101 cm³/mol. The average molecular weight is 349 g/mol. The number of benzene rings is 1. The molecule has 0 saturated heterocycles. The second kappa shape index (κ2) is 5.19. The molecule has 0 bridgehead atoms. The standard InChI is InChI=1S/C20H23N5O/c1-13-21-17-16(24(13)12-14-8-5-4-6-9-14)18(26)23(3)19-22-20(2)11-7-10-15(20)25(17)19/h4-6,8-9,15H,7,10-12H2,1-3H3/t15?,20-/m1/s1. The Balaban J connectivity index is 1.65. The van der Waals surface area contributed by atoms with Crippen LogP contribution in [-0.4, -0.2) is 44.9 Å². The van der Waals surface area contributed by atoms with E-state index >= 15 is 0 Å². The van der Waals surface area contributed by atoms with Crippen molar-refractivity contribution >= 4 is 17.7 Å². The number of rotatable bonds is 2. The topological polar surface area (TPSA) is 53.7 Å². The van der Waals surface area contributed by atoms with Gasteiger partial charge in [-0.15, -0.1) is 0 Å². The summed E-state index contributed by atoms with van der Waals surface area (Å²) >= 11 is 0. The zero-order valence-electron chi connectivity index (χ0n) is 15.4. The smallest absolute Gasteiger partial charge is 0.280 e. The summed E-state index contributed by atoms with van der Waals surface area (Å²) in [4.78, 5) is 26.9. The zero-order valence-corrected chi connectivity index (χ0v) is 15.4. The zero-order chi connectivity index (χ0) is 18.1. The Kier molecular flexibility index (Phi) is 3.12. The number of hydrogen-bond donors (Lipinski definition) is 0. The van der Waals surface area contributed by atoms with Crippen molar-refractivity contribution in [1.82, 2.24) is 14.5 Å². The normalized spacial score (nSPS) is 26.7. The number of amides is 1. The minimum Gasteiger partial charge on any atom is -0.318 e. The lowest BCUT2D eigenvalue weighted by Gasteiger charge is -2.35. The predicted octanol–water partition coefficient (Wildman–Crippen LogP) is 2.81. The fourth-order valence-corrected chi connectivity index (χ4v) is 4.71. The van der Waals surface area contributed by atoms with Gasteiger partial charge in [0.25, 0.3) is 5.91 Å². The van der Waals surface area contributed by atoms with Crippen LogP contribution in [0, 0.1) is 6.92 Å². The molecule has 1 amide bonds. The third-order valence-electron chi connectivity index (χ3n) is 6.12. The van der Waals surface area contributed by atoms with Gasteiger partial charge in [0.05, 0.1) is 11.6 Å². The Labute approximate surface area is 153 Å². The summed E-state index contributed by atoms with van der Waals surface area (Å²) in [6, 6.07) is 10.5. The third kappa shape index (κ3) is 1.95. The Morgan fingerprint density at radius 1 is 1.27 bits per heavy atom. The summed E-state index contributed by atoms with van der Waals surface area (Å²) in [7, 11) is 1.83. The van der Waals surface area contributed by atoms with E-state index in [1.807, 2.05) is 36.7 Å². The number of aryl methyl sites for hydroxylation is 1. The van der Waals surface area contributed by atoms with E-state index in [-0.39, 0.29) is 11.4 Å². The Morgan fingerprint density at radius 3 is 2.81 bits per heavy atom. The van der Waals surface area contributed by atoms with Crippen molar-refractivity contribution < 1.29 is 4.79 Å². The number of carbonyl (C=O) groups is 1. The number of imidazole rings is 1. The minimum absolute atomic E-state index is 0.0184. The summed E-state index contributed by atoms with van der Waals surface area (Å²) in [6.07, 6.45) is 3.33. The first-order chi connectivity index (χ1) is 12.5. The molecule has 1 aromatic carbocycles. The SMILES string of the molecule is Cc1nc2c(n1Cc1ccccc1)C(=O)N(C)C1=N[C@]3(C)CCCC3N12. The van der Waals surface area contributed by atoms with Crippen molar-refractivity contribution in [3.63, 3.8) is 0 Å². The molecule has 134 valence electrons. The van der Waals surface area contributed by atoms with Gasteiger partial charge < -0.3 is 4.57 Å². The van der Waals surface area contributed by atoms with Crippen molar-refractivity contribution in [1.29, 1.82) is 0 Å². The molecule has 0 N–H and O–H groups in total. The second-order valence-electron chi connectivity index (χ2n) is 7.81. The highest BCUT2D eigenvalue weighted by Crippen LogP contribution is 2.46. The third-order valence-corrected chi connectivity index (χ3v) is 6.12. The molecule has 0 spiro atoms. The first-order valence-electron chi connectivity index (χ1n) is 9.28. The van der Waals surface area contributed by atoms with Crippen LogP contribution in [0.2, 0.25) is 0 Å². The highest BCUT2D eigenvalue weighted by molar-refractivity contribution is 6.18. The van der Waals surface area contributed by atoms with Gasteiger partial charge in [0.15, 0.2) is 11.5 Å². The Bertz CT molecular complexity index is 931. The van der Waals surface area contributed by atoms with E-state index in [1.165, 1.54) is 6.42 Å². The molecule has 1 fully saturated rings. The fraction of sp³-hybridized carbons (Fsp3) is 0.450. The van der Waals surface area contributed by atoms with Crippen LogP contribution >= 0.6 is 0 Å². The Hall–Kier alpha value is -2.63. The summed E-state index contributed by atoms with van der Waals surface area (Å²) in [5.74, 6) is 2.40. The van der Waals surface area contributed by atoms with E-state index in [1.54, 1.807) is 4.90 Å². The minimum atomic E-state index is -0.109. The lowest BCUT2D eigenvalue weighted by Crippen LogP contribution is -2.52. The van der Waals surface area contributed by atoms with Crippen LogP contribution in [-0.2, 0) is 6.54 Å². The van der Waals surface area contributed by atoms with Gasteiger partial charge in [0.1, 0.15) is 5.82 Å². The molecular formula is C20H23N5O. The van der Waals surface area contributed by atoms with E-state index in [0.29, 0.717) is 18.3 Å². The molecule has 2 atom stereocenters. The molecule has 3 heterocycles. The van der Waals surface area contributed by atoms with E-state index in [9.17, 15) is 4.79 Å². The number of guanidine groups is 1. The van der Waals surface area contributed by atoms with Gasteiger partial charge in [-0.3, -0.25) is 14.6 Å². The lowest BCUT2D eigenvalue weighted by molar-refractivity contribution is 0.0854. The summed E-state index contributed by atoms with van der Waals surface area (Å²) < 4.78 is 2.05. The van der Waals surface area contributed by atoms with Crippen LogP contribution in [0.15, 0.2) is 35.3 Å². The number of nitrogens with zero attached hydrogens (tertiary/aromatic N) is 5. The molecule has 0 radical (unpaired) electrons. The molecule has 6 nitrogen and oxygen atoms in total. The van der Waals surface area contributed by atoms with E-state index in [4.69, 9.17) is 9.98 Å². The van der Waals surface area contributed by atoms with Crippen LogP contribution < -0.4 is 4.90 Å². The van der Waals surface area contributed by atoms with Crippen molar-refractivity contribution in [3.8, 4) is 0 Å². The van der Waals surface area contributed by atoms with Crippen molar-refractivity contribution in [3.05, 3.63) is 47.4 Å². The largest absolute Gasteiger partial charge is 0.318 e. The number of aliphatic imine (C=N–C) groups is 1. The summed E-state index contributed by atoms with van der Waals surface area (Å²) in [6.45, 7) is 4.84. The van der Waals surface area contributed by atoms with E-state index < -0.39 is 0 Å². The number of hydrogen-bond acceptors (Lipinski definition) is 4. The first kappa shape index (κ1) is 15.6. The Morgan fingerprint density at radius 2 is 2.04 bits per heavy atom. The molecule has 3 aliphatic rings. The van der Waals surface area contributed by atoms with Gasteiger partial charge in [-0.25, -0.2) is 9.98 Å². The molecule has 6 heteroatoms. The number of anilines is 1. The second-order valence-corrected chi connectivity index (χ2v) is 7.81. The maximum atomic E-state index is 13.2. The molecule has 26 heavy (non-hydrogen) atoms. The van der Waals surface area contributed by atoms with Gasteiger partial charge in [-0.2, -0.15) is 0 Å². The molecule has 5 rings (SSSR count). The molecule has 2 aromatic rings. The van der Waals surface area contributed by atoms with Crippen molar-refractivity contribution in [2.45, 2.75) is 51.2 Å².